The monoisotopic (exact) mass is 207 g/mol. The van der Waals surface area contributed by atoms with E-state index in [9.17, 15) is 0 Å². The average molecular weight is 207 g/mol. The van der Waals surface area contributed by atoms with Crippen molar-refractivity contribution in [2.24, 2.45) is 5.41 Å². The molecular weight excluding hydrogens is 190 g/mol. The first-order chi connectivity index (χ1) is 7.05. The third-order valence-corrected chi connectivity index (χ3v) is 3.03. The highest BCUT2D eigenvalue weighted by molar-refractivity contribution is 5.23. The van der Waals surface area contributed by atoms with Gasteiger partial charge in [-0.25, -0.2) is 0 Å². The van der Waals surface area contributed by atoms with E-state index in [4.69, 9.17) is 14.7 Å². The zero-order valence-electron chi connectivity index (χ0n) is 9.38. The summed E-state index contributed by atoms with van der Waals surface area (Å²) in [5, 5.41) is 8.76. The van der Waals surface area contributed by atoms with Gasteiger partial charge in [0.1, 0.15) is 0 Å². The van der Waals surface area contributed by atoms with Crippen molar-refractivity contribution in [2.75, 3.05) is 13.2 Å². The van der Waals surface area contributed by atoms with Gasteiger partial charge in [0, 0.05) is 23.8 Å². The first-order valence-corrected chi connectivity index (χ1v) is 5.42. The lowest BCUT2D eigenvalue weighted by atomic mass is 9.90. The van der Waals surface area contributed by atoms with Crippen molar-refractivity contribution < 1.29 is 9.47 Å². The molecule has 3 nitrogen and oxygen atoms in total. The van der Waals surface area contributed by atoms with Gasteiger partial charge in [-0.3, -0.25) is 0 Å². The predicted octanol–water partition coefficient (Wildman–Crippen LogP) is 2.39. The van der Waals surface area contributed by atoms with E-state index in [1.165, 1.54) is 0 Å². The van der Waals surface area contributed by atoms with Crippen LogP contribution in [0.25, 0.3) is 0 Å². The largest absolute Gasteiger partial charge is 0.349 e. The Morgan fingerprint density at radius 3 is 2.47 bits per heavy atom. The Bertz CT molecular complexity index is 315. The van der Waals surface area contributed by atoms with Crippen molar-refractivity contribution in [1.29, 1.82) is 5.26 Å². The molecule has 0 atom stereocenters. The molecule has 1 saturated heterocycles. The van der Waals surface area contributed by atoms with Crippen LogP contribution in [0.1, 0.15) is 33.1 Å². The molecule has 1 aliphatic carbocycles. The fourth-order valence-corrected chi connectivity index (χ4v) is 1.91. The van der Waals surface area contributed by atoms with Crippen molar-refractivity contribution in [3.63, 3.8) is 0 Å². The van der Waals surface area contributed by atoms with Crippen LogP contribution < -0.4 is 0 Å². The Morgan fingerprint density at radius 2 is 2.00 bits per heavy atom. The van der Waals surface area contributed by atoms with Gasteiger partial charge in [0.15, 0.2) is 5.79 Å². The molecule has 0 aromatic rings. The minimum Gasteiger partial charge on any atom is -0.349 e. The van der Waals surface area contributed by atoms with Crippen LogP contribution >= 0.6 is 0 Å². The Hall–Kier alpha value is -0.850. The van der Waals surface area contributed by atoms with Crippen LogP contribution in [0.3, 0.4) is 0 Å². The smallest absolute Gasteiger partial charge is 0.172 e. The molecule has 2 rings (SSSR count). The van der Waals surface area contributed by atoms with Gasteiger partial charge in [-0.2, -0.15) is 5.26 Å². The highest BCUT2D eigenvalue weighted by Gasteiger charge is 2.41. The van der Waals surface area contributed by atoms with E-state index in [2.05, 4.69) is 19.9 Å². The van der Waals surface area contributed by atoms with E-state index in [0.29, 0.717) is 6.42 Å². The number of ether oxygens (including phenoxy) is 2. The Labute approximate surface area is 90.7 Å². The fourth-order valence-electron chi connectivity index (χ4n) is 1.91. The minimum atomic E-state index is -0.435. The zero-order chi connectivity index (χ0) is 10.9. The molecule has 0 amide bonds. The predicted molar refractivity (Wildman–Crippen MR) is 56.0 cm³/mol. The second kappa shape index (κ2) is 3.62. The number of hydrogen-bond donors (Lipinski definition) is 0. The third-order valence-electron chi connectivity index (χ3n) is 3.03. The SMILES string of the molecule is CC1(C)COC2(CC=C(C#N)CC2)OC1. The van der Waals surface area contributed by atoms with Gasteiger partial charge in [0.25, 0.3) is 0 Å². The van der Waals surface area contributed by atoms with Gasteiger partial charge < -0.3 is 9.47 Å². The second-order valence-corrected chi connectivity index (χ2v) is 5.20. The molecule has 0 radical (unpaired) electrons. The standard InChI is InChI=1S/C12H17NO2/c1-11(2)8-14-12(15-9-11)5-3-10(7-13)4-6-12/h3H,4-6,8-9H2,1-2H3. The molecule has 0 aromatic carbocycles. The number of nitrogens with zero attached hydrogens (tertiary/aromatic N) is 1. The van der Waals surface area contributed by atoms with E-state index in [1.807, 2.05) is 6.08 Å². The molecule has 82 valence electrons. The summed E-state index contributed by atoms with van der Waals surface area (Å²) in [7, 11) is 0. The van der Waals surface area contributed by atoms with Gasteiger partial charge >= 0.3 is 0 Å². The van der Waals surface area contributed by atoms with E-state index in [-0.39, 0.29) is 5.41 Å². The van der Waals surface area contributed by atoms with E-state index in [0.717, 1.165) is 31.6 Å². The van der Waals surface area contributed by atoms with Crippen LogP contribution in [0.4, 0.5) is 0 Å². The van der Waals surface area contributed by atoms with Crippen molar-refractivity contribution >= 4 is 0 Å². The van der Waals surface area contributed by atoms with Crippen molar-refractivity contribution in [3.8, 4) is 6.07 Å². The number of nitriles is 1. The van der Waals surface area contributed by atoms with E-state index < -0.39 is 5.79 Å². The lowest BCUT2D eigenvalue weighted by molar-refractivity contribution is -0.301. The van der Waals surface area contributed by atoms with Gasteiger partial charge in [-0.05, 0) is 6.42 Å². The second-order valence-electron chi connectivity index (χ2n) is 5.20. The Morgan fingerprint density at radius 1 is 1.33 bits per heavy atom. The third kappa shape index (κ3) is 2.22. The molecule has 15 heavy (non-hydrogen) atoms. The van der Waals surface area contributed by atoms with E-state index in [1.54, 1.807) is 0 Å². The summed E-state index contributed by atoms with van der Waals surface area (Å²) in [5.74, 6) is -0.435. The fraction of sp³-hybridized carbons (Fsp3) is 0.750. The molecule has 0 N–H and O–H groups in total. The topological polar surface area (TPSA) is 42.2 Å². The Balaban J connectivity index is 2.01. The molecule has 1 aliphatic heterocycles. The lowest BCUT2D eigenvalue weighted by Crippen LogP contribution is -2.48. The van der Waals surface area contributed by atoms with Crippen LogP contribution in [0.5, 0.6) is 0 Å². The summed E-state index contributed by atoms with van der Waals surface area (Å²) in [6.07, 6.45) is 4.24. The molecule has 1 heterocycles. The van der Waals surface area contributed by atoms with Crippen LogP contribution in [0.2, 0.25) is 0 Å². The lowest BCUT2D eigenvalue weighted by Gasteiger charge is -2.44. The number of allylic oxidation sites excluding steroid dienone is 1. The van der Waals surface area contributed by atoms with Crippen LogP contribution in [-0.4, -0.2) is 19.0 Å². The maximum Gasteiger partial charge on any atom is 0.172 e. The summed E-state index contributed by atoms with van der Waals surface area (Å²) < 4.78 is 11.7. The maximum absolute atomic E-state index is 8.76. The number of rotatable bonds is 0. The molecule has 0 bridgehead atoms. The van der Waals surface area contributed by atoms with Gasteiger partial charge in [0.05, 0.1) is 19.3 Å². The molecule has 1 spiro atoms. The average Bonchev–Trinajstić information content (AvgIpc) is 2.24. The van der Waals surface area contributed by atoms with E-state index >= 15 is 0 Å². The summed E-state index contributed by atoms with van der Waals surface area (Å²) in [6, 6.07) is 2.19. The molecule has 2 aliphatic rings. The molecule has 1 fully saturated rings. The molecule has 3 heteroatoms. The first kappa shape index (κ1) is 10.7. The summed E-state index contributed by atoms with van der Waals surface area (Å²) >= 11 is 0. The molecule has 0 aromatic heterocycles. The molecule has 0 saturated carbocycles. The van der Waals surface area contributed by atoms with Crippen LogP contribution in [0, 0.1) is 16.7 Å². The maximum atomic E-state index is 8.76. The highest BCUT2D eigenvalue weighted by Crippen LogP contribution is 2.38. The first-order valence-electron chi connectivity index (χ1n) is 5.42. The summed E-state index contributed by atoms with van der Waals surface area (Å²) in [5.41, 5.74) is 0.974. The minimum absolute atomic E-state index is 0.116. The van der Waals surface area contributed by atoms with Gasteiger partial charge in [0.2, 0.25) is 0 Å². The van der Waals surface area contributed by atoms with Crippen LogP contribution in [-0.2, 0) is 9.47 Å². The van der Waals surface area contributed by atoms with Gasteiger partial charge in [-0.15, -0.1) is 0 Å². The normalized spacial score (nSPS) is 28.2. The van der Waals surface area contributed by atoms with Gasteiger partial charge in [-0.1, -0.05) is 19.9 Å². The quantitative estimate of drug-likeness (QED) is 0.612. The highest BCUT2D eigenvalue weighted by atomic mass is 16.7. The Kier molecular flexibility index (Phi) is 2.57. The zero-order valence-corrected chi connectivity index (χ0v) is 9.38. The molecule has 0 unspecified atom stereocenters. The number of hydrogen-bond acceptors (Lipinski definition) is 3. The summed E-state index contributed by atoms with van der Waals surface area (Å²) in [4.78, 5) is 0. The van der Waals surface area contributed by atoms with Crippen molar-refractivity contribution in [2.45, 2.75) is 38.9 Å². The van der Waals surface area contributed by atoms with Crippen molar-refractivity contribution in [1.82, 2.24) is 0 Å². The van der Waals surface area contributed by atoms with Crippen molar-refractivity contribution in [3.05, 3.63) is 11.6 Å². The molecular formula is C12H17NO2. The summed E-state index contributed by atoms with van der Waals surface area (Å²) in [6.45, 7) is 5.75. The van der Waals surface area contributed by atoms with Crippen LogP contribution in [0.15, 0.2) is 11.6 Å².